The Bertz CT molecular complexity index is 267. The number of allylic oxidation sites excluding steroid dienone is 1. The predicted molar refractivity (Wildman–Crippen MR) is 57.3 cm³/mol. The Labute approximate surface area is 85.6 Å². The van der Waals surface area contributed by atoms with Gasteiger partial charge in [-0.1, -0.05) is 0 Å². The molecule has 1 aromatic carbocycles. The van der Waals surface area contributed by atoms with E-state index in [2.05, 4.69) is 37.3 Å². The van der Waals surface area contributed by atoms with Gasteiger partial charge in [-0.15, -0.1) is 0 Å². The molecule has 2 heteroatoms. The molecule has 1 rings (SSSR count). The van der Waals surface area contributed by atoms with Crippen LogP contribution in [0.5, 0.6) is 0 Å². The summed E-state index contributed by atoms with van der Waals surface area (Å²) in [5.41, 5.74) is 0. The van der Waals surface area contributed by atoms with E-state index in [0.29, 0.717) is 15.0 Å². The van der Waals surface area contributed by atoms with Crippen molar-refractivity contribution in [1.29, 1.82) is 0 Å². The van der Waals surface area contributed by atoms with Gasteiger partial charge in [0.2, 0.25) is 0 Å². The zero-order valence-electron chi connectivity index (χ0n) is 7.73. The summed E-state index contributed by atoms with van der Waals surface area (Å²) in [5, 5.41) is 8.64. The van der Waals surface area contributed by atoms with Crippen molar-refractivity contribution in [3.05, 3.63) is 40.9 Å². The van der Waals surface area contributed by atoms with Crippen molar-refractivity contribution >= 4 is 19.4 Å². The van der Waals surface area contributed by atoms with Crippen molar-refractivity contribution in [3.63, 3.8) is 0 Å². The van der Waals surface area contributed by atoms with Crippen LogP contribution in [-0.2, 0) is 0 Å². The van der Waals surface area contributed by atoms with E-state index in [4.69, 9.17) is 5.11 Å². The fourth-order valence-electron chi connectivity index (χ4n) is 0.984. The molecule has 0 spiro atoms. The van der Waals surface area contributed by atoms with E-state index >= 15 is 0 Å². The van der Waals surface area contributed by atoms with Gasteiger partial charge in [-0.3, -0.25) is 0 Å². The number of hydrogen-bond donors (Lipinski definition) is 1. The monoisotopic (exact) mass is 242 g/mol. The van der Waals surface area contributed by atoms with Crippen LogP contribution >= 0.6 is 0 Å². The average molecular weight is 241 g/mol. The predicted octanol–water partition coefficient (Wildman–Crippen LogP) is 1.30. The molecule has 13 heavy (non-hydrogen) atoms. The van der Waals surface area contributed by atoms with Gasteiger partial charge in [-0.2, -0.15) is 0 Å². The maximum atomic E-state index is 8.64. The molecule has 0 aliphatic carbocycles. The first-order chi connectivity index (χ1) is 6.33. The fraction of sp³-hybridized carbons (Fsp3) is 0.273. The number of hydrogen-bond acceptors (Lipinski definition) is 1. The van der Waals surface area contributed by atoms with Gasteiger partial charge in [-0.05, 0) is 0 Å². The molecule has 1 N–H and O–H groups in total. The van der Waals surface area contributed by atoms with Crippen LogP contribution in [0.1, 0.15) is 13.3 Å². The molecule has 0 bridgehead atoms. The molecule has 1 aromatic rings. The van der Waals surface area contributed by atoms with Gasteiger partial charge in [0.25, 0.3) is 0 Å². The van der Waals surface area contributed by atoms with Gasteiger partial charge < -0.3 is 0 Å². The fourth-order valence-corrected chi connectivity index (χ4v) is 2.80. The van der Waals surface area contributed by atoms with E-state index in [9.17, 15) is 0 Å². The summed E-state index contributed by atoms with van der Waals surface area (Å²) in [7, 11) is 0. The molecule has 0 unspecified atom stereocenters. The summed E-state index contributed by atoms with van der Waals surface area (Å²) >= 11 is 0.427. The van der Waals surface area contributed by atoms with Crippen LogP contribution in [0.25, 0.3) is 0 Å². The molecule has 0 aliphatic rings. The molecule has 0 saturated heterocycles. The molecular weight excluding hydrogens is 227 g/mol. The minimum atomic E-state index is 0.252. The first-order valence-corrected chi connectivity index (χ1v) is 6.05. The van der Waals surface area contributed by atoms with Crippen molar-refractivity contribution in [2.75, 3.05) is 6.61 Å². The molecule has 0 radical (unpaired) electrons. The van der Waals surface area contributed by atoms with Crippen molar-refractivity contribution in [1.82, 2.24) is 0 Å². The second-order valence-corrected chi connectivity index (χ2v) is 5.51. The number of aliphatic hydroxyl groups is 1. The van der Waals surface area contributed by atoms with Gasteiger partial charge in [0.05, 0.1) is 0 Å². The van der Waals surface area contributed by atoms with Gasteiger partial charge in [0.15, 0.2) is 0 Å². The molecule has 0 heterocycles. The Kier molecular flexibility index (Phi) is 4.84. The average Bonchev–Trinajstić information content (AvgIpc) is 2.16. The normalized spacial score (nSPS) is 11.7. The van der Waals surface area contributed by atoms with E-state index in [1.807, 2.05) is 6.07 Å². The Morgan fingerprint density at radius 1 is 1.38 bits per heavy atom. The third-order valence-corrected chi connectivity index (χ3v) is 3.67. The van der Waals surface area contributed by atoms with E-state index < -0.39 is 0 Å². The van der Waals surface area contributed by atoms with Gasteiger partial charge in [0.1, 0.15) is 0 Å². The van der Waals surface area contributed by atoms with Gasteiger partial charge in [0, 0.05) is 0 Å². The molecule has 0 fully saturated rings. The molecule has 0 amide bonds. The molecule has 0 atom stereocenters. The van der Waals surface area contributed by atoms with Crippen molar-refractivity contribution in [3.8, 4) is 0 Å². The zero-order chi connectivity index (χ0) is 9.52. The van der Waals surface area contributed by atoms with Crippen LogP contribution in [-0.4, -0.2) is 26.7 Å². The summed E-state index contributed by atoms with van der Waals surface area (Å²) in [6, 6.07) is 10.5. The number of aliphatic hydroxyl groups excluding tert-OH is 1. The van der Waals surface area contributed by atoms with E-state index in [-0.39, 0.29) is 6.61 Å². The number of benzene rings is 1. The Balaban J connectivity index is 2.50. The van der Waals surface area contributed by atoms with Crippen LogP contribution < -0.4 is 4.46 Å². The van der Waals surface area contributed by atoms with Crippen LogP contribution in [0.3, 0.4) is 0 Å². The first kappa shape index (κ1) is 10.5. The molecule has 0 saturated carbocycles. The van der Waals surface area contributed by atoms with E-state index in [0.717, 1.165) is 6.42 Å². The minimum absolute atomic E-state index is 0.252. The van der Waals surface area contributed by atoms with Crippen molar-refractivity contribution in [2.24, 2.45) is 0 Å². The van der Waals surface area contributed by atoms with Crippen LogP contribution in [0.4, 0.5) is 0 Å². The molecule has 1 nitrogen and oxygen atoms in total. The van der Waals surface area contributed by atoms with Crippen LogP contribution in [0.15, 0.2) is 40.9 Å². The standard InChI is InChI=1S/C11H14OSe/c1-10(6-5-9-12)13-11-7-3-2-4-8-11/h2-4,6-8,12H,5,9H2,1H3/b10-6+. The third-order valence-electron chi connectivity index (χ3n) is 1.58. The molecule has 0 aliphatic heterocycles. The molecule has 0 aromatic heterocycles. The van der Waals surface area contributed by atoms with Crippen molar-refractivity contribution in [2.45, 2.75) is 13.3 Å². The third kappa shape index (κ3) is 4.28. The van der Waals surface area contributed by atoms with Crippen LogP contribution in [0, 0.1) is 0 Å². The van der Waals surface area contributed by atoms with Crippen LogP contribution in [0.2, 0.25) is 0 Å². The summed E-state index contributed by atoms with van der Waals surface area (Å²) in [6.45, 7) is 2.38. The number of rotatable bonds is 4. The molecule has 70 valence electrons. The quantitative estimate of drug-likeness (QED) is 0.788. The summed E-state index contributed by atoms with van der Waals surface area (Å²) in [4.78, 5) is 0. The summed E-state index contributed by atoms with van der Waals surface area (Å²) in [6.07, 6.45) is 2.90. The summed E-state index contributed by atoms with van der Waals surface area (Å²) < 4.78 is 2.77. The second kappa shape index (κ2) is 5.98. The maximum absolute atomic E-state index is 8.64. The van der Waals surface area contributed by atoms with Gasteiger partial charge >= 0.3 is 85.4 Å². The van der Waals surface area contributed by atoms with Gasteiger partial charge in [-0.25, -0.2) is 0 Å². The van der Waals surface area contributed by atoms with E-state index in [1.165, 1.54) is 8.93 Å². The Morgan fingerprint density at radius 3 is 2.69 bits per heavy atom. The van der Waals surface area contributed by atoms with Crippen molar-refractivity contribution < 1.29 is 5.11 Å². The first-order valence-electron chi connectivity index (χ1n) is 4.33. The summed E-state index contributed by atoms with van der Waals surface area (Å²) in [5.74, 6) is 0. The molecular formula is C11H14OSe. The Hall–Kier alpha value is -0.561. The SMILES string of the molecule is C/C(=C\CCO)[Se]c1ccccc1. The zero-order valence-corrected chi connectivity index (χ0v) is 9.45. The topological polar surface area (TPSA) is 20.2 Å². The second-order valence-electron chi connectivity index (χ2n) is 2.74. The Morgan fingerprint density at radius 2 is 2.08 bits per heavy atom. The van der Waals surface area contributed by atoms with E-state index in [1.54, 1.807) is 0 Å².